The maximum absolute atomic E-state index is 13.3. The van der Waals surface area contributed by atoms with Crippen LogP contribution < -0.4 is 0 Å². The first-order valence-electron chi connectivity index (χ1n) is 10.0. The molecule has 3 aromatic rings. The molecule has 0 fully saturated rings. The number of carbonyl (C=O) groups excluding carboxylic acids is 2. The maximum atomic E-state index is 13.3. The molecule has 10 heteroatoms. The molecular formula is C23H23ClN4O5. The summed E-state index contributed by atoms with van der Waals surface area (Å²) in [5.74, 6) is -0.224. The van der Waals surface area contributed by atoms with E-state index in [1.807, 2.05) is 29.9 Å². The van der Waals surface area contributed by atoms with Crippen molar-refractivity contribution in [3.8, 4) is 0 Å². The normalized spacial score (nSPS) is 10.6. The van der Waals surface area contributed by atoms with Gasteiger partial charge in [-0.3, -0.25) is 19.7 Å². The van der Waals surface area contributed by atoms with Gasteiger partial charge in [0.15, 0.2) is 0 Å². The third-order valence-electron chi connectivity index (χ3n) is 5.04. The molecule has 0 aliphatic carbocycles. The van der Waals surface area contributed by atoms with Crippen LogP contribution in [0.25, 0.3) is 0 Å². The van der Waals surface area contributed by atoms with E-state index < -0.39 is 10.8 Å². The molecule has 0 atom stereocenters. The van der Waals surface area contributed by atoms with Crippen LogP contribution in [0.15, 0.2) is 72.0 Å². The Kier molecular flexibility index (Phi) is 7.68. The summed E-state index contributed by atoms with van der Waals surface area (Å²) in [6, 6.07) is 10.9. The van der Waals surface area contributed by atoms with E-state index >= 15 is 0 Å². The first-order chi connectivity index (χ1) is 15.8. The molecule has 0 saturated heterocycles. The van der Waals surface area contributed by atoms with Crippen LogP contribution in [-0.2, 0) is 24.9 Å². The van der Waals surface area contributed by atoms with Gasteiger partial charge in [0.25, 0.3) is 11.6 Å². The van der Waals surface area contributed by atoms with E-state index in [9.17, 15) is 19.7 Å². The Bertz CT molecular complexity index is 1160. The van der Waals surface area contributed by atoms with E-state index in [2.05, 4.69) is 6.58 Å². The number of amides is 2. The van der Waals surface area contributed by atoms with Gasteiger partial charge in [-0.05, 0) is 30.3 Å². The second-order valence-corrected chi connectivity index (χ2v) is 7.74. The number of aromatic nitrogens is 1. The zero-order valence-corrected chi connectivity index (χ0v) is 18.8. The lowest BCUT2D eigenvalue weighted by atomic mass is 10.1. The minimum atomic E-state index is -0.596. The molecular weight excluding hydrogens is 448 g/mol. The minimum Gasteiger partial charge on any atom is -0.467 e. The van der Waals surface area contributed by atoms with Gasteiger partial charge in [-0.1, -0.05) is 17.7 Å². The van der Waals surface area contributed by atoms with Gasteiger partial charge < -0.3 is 18.8 Å². The molecule has 9 nitrogen and oxygen atoms in total. The highest BCUT2D eigenvalue weighted by Crippen LogP contribution is 2.24. The topological polar surface area (TPSA) is 102 Å². The third-order valence-corrected chi connectivity index (χ3v) is 5.35. The molecule has 0 unspecified atom stereocenters. The first-order valence-corrected chi connectivity index (χ1v) is 10.4. The molecule has 172 valence electrons. The summed E-state index contributed by atoms with van der Waals surface area (Å²) in [4.78, 5) is 39.6. The van der Waals surface area contributed by atoms with Crippen LogP contribution in [-0.4, -0.2) is 44.2 Å². The molecule has 2 heterocycles. The lowest BCUT2D eigenvalue weighted by molar-refractivity contribution is -0.384. The largest absolute Gasteiger partial charge is 0.467 e. The number of carbonyl (C=O) groups is 2. The summed E-state index contributed by atoms with van der Waals surface area (Å²) < 4.78 is 7.32. The highest BCUT2D eigenvalue weighted by atomic mass is 35.5. The fourth-order valence-corrected chi connectivity index (χ4v) is 3.53. The second-order valence-electron chi connectivity index (χ2n) is 7.34. The molecule has 2 aromatic heterocycles. The molecule has 0 radical (unpaired) electrons. The zero-order chi connectivity index (χ0) is 24.0. The average Bonchev–Trinajstić information content (AvgIpc) is 3.44. The third kappa shape index (κ3) is 5.89. The maximum Gasteiger partial charge on any atom is 0.270 e. The van der Waals surface area contributed by atoms with E-state index in [-0.39, 0.29) is 41.8 Å². The van der Waals surface area contributed by atoms with Crippen molar-refractivity contribution in [1.82, 2.24) is 14.4 Å². The Morgan fingerprint density at radius 1 is 1.21 bits per heavy atom. The molecule has 0 aliphatic heterocycles. The second kappa shape index (κ2) is 10.6. The molecule has 0 N–H and O–H groups in total. The van der Waals surface area contributed by atoms with Gasteiger partial charge in [0.1, 0.15) is 12.3 Å². The number of nitro groups is 1. The quantitative estimate of drug-likeness (QED) is 0.253. The Morgan fingerprint density at radius 3 is 2.58 bits per heavy atom. The number of non-ortho nitro benzene ring substituents is 1. The SMILES string of the molecule is C=CCN(CC(=O)N(Cc1ccco1)Cc1cccn1C)C(=O)c1ccc([N+](=O)[O-])cc1Cl. The number of nitrogens with zero attached hydrogens (tertiary/aromatic N) is 4. The van der Waals surface area contributed by atoms with E-state index in [0.717, 1.165) is 11.8 Å². The van der Waals surface area contributed by atoms with Gasteiger partial charge in [0.05, 0.1) is 34.9 Å². The van der Waals surface area contributed by atoms with Crippen molar-refractivity contribution in [3.63, 3.8) is 0 Å². The molecule has 33 heavy (non-hydrogen) atoms. The number of rotatable bonds is 10. The van der Waals surface area contributed by atoms with Crippen LogP contribution in [0.5, 0.6) is 0 Å². The van der Waals surface area contributed by atoms with Crippen molar-refractivity contribution in [2.24, 2.45) is 7.05 Å². The Morgan fingerprint density at radius 2 is 2.00 bits per heavy atom. The fraction of sp³-hybridized carbons (Fsp3) is 0.217. The molecule has 2 amide bonds. The van der Waals surface area contributed by atoms with Crippen LogP contribution in [0.4, 0.5) is 5.69 Å². The zero-order valence-electron chi connectivity index (χ0n) is 18.0. The molecule has 0 saturated carbocycles. The van der Waals surface area contributed by atoms with Gasteiger partial charge in [0, 0.05) is 37.6 Å². The van der Waals surface area contributed by atoms with E-state index in [4.69, 9.17) is 16.0 Å². The predicted molar refractivity (Wildman–Crippen MR) is 123 cm³/mol. The number of hydrogen-bond acceptors (Lipinski definition) is 5. The molecule has 3 rings (SSSR count). The standard InChI is InChI=1S/C23H23ClN4O5/c1-3-10-26(23(30)20-9-8-17(28(31)32)13-21(20)24)16-22(29)27(15-19-7-5-12-33-19)14-18-6-4-11-25(18)2/h3-9,11-13H,1,10,14-16H2,2H3. The summed E-state index contributed by atoms with van der Waals surface area (Å²) in [5, 5.41) is 10.9. The molecule has 0 spiro atoms. The van der Waals surface area contributed by atoms with Gasteiger partial charge in [0.2, 0.25) is 5.91 Å². The Labute approximate surface area is 195 Å². The summed E-state index contributed by atoms with van der Waals surface area (Å²) in [5.41, 5.74) is 0.752. The van der Waals surface area contributed by atoms with Gasteiger partial charge in [-0.25, -0.2) is 0 Å². The average molecular weight is 471 g/mol. The van der Waals surface area contributed by atoms with Crippen LogP contribution in [0.2, 0.25) is 5.02 Å². The van der Waals surface area contributed by atoms with Gasteiger partial charge in [-0.2, -0.15) is 0 Å². The van der Waals surface area contributed by atoms with Crippen molar-refractivity contribution in [1.29, 1.82) is 0 Å². The van der Waals surface area contributed by atoms with Crippen molar-refractivity contribution >= 4 is 29.1 Å². The smallest absolute Gasteiger partial charge is 0.270 e. The lowest BCUT2D eigenvalue weighted by Gasteiger charge is -2.27. The fourth-order valence-electron chi connectivity index (χ4n) is 3.28. The molecule has 1 aromatic carbocycles. The highest BCUT2D eigenvalue weighted by molar-refractivity contribution is 6.34. The number of nitro benzene ring substituents is 1. The van der Waals surface area contributed by atoms with Crippen molar-refractivity contribution in [2.75, 3.05) is 13.1 Å². The molecule has 0 bridgehead atoms. The number of furan rings is 1. The summed E-state index contributed by atoms with van der Waals surface area (Å²) >= 11 is 6.13. The van der Waals surface area contributed by atoms with Crippen LogP contribution in [0.1, 0.15) is 21.8 Å². The monoisotopic (exact) mass is 470 g/mol. The van der Waals surface area contributed by atoms with Crippen LogP contribution >= 0.6 is 11.6 Å². The Balaban J connectivity index is 1.82. The molecule has 0 aliphatic rings. The van der Waals surface area contributed by atoms with E-state index in [1.54, 1.807) is 17.0 Å². The first kappa shape index (κ1) is 23.8. The predicted octanol–water partition coefficient (Wildman–Crippen LogP) is 4.04. The van der Waals surface area contributed by atoms with Gasteiger partial charge >= 0.3 is 0 Å². The van der Waals surface area contributed by atoms with E-state index in [1.165, 1.54) is 29.4 Å². The summed E-state index contributed by atoms with van der Waals surface area (Å²) in [6.07, 6.45) is 4.91. The summed E-state index contributed by atoms with van der Waals surface area (Å²) in [7, 11) is 1.88. The van der Waals surface area contributed by atoms with Crippen molar-refractivity contribution in [2.45, 2.75) is 13.1 Å². The van der Waals surface area contributed by atoms with Crippen LogP contribution in [0, 0.1) is 10.1 Å². The minimum absolute atomic E-state index is 0.0630. The van der Waals surface area contributed by atoms with Gasteiger partial charge in [-0.15, -0.1) is 6.58 Å². The van der Waals surface area contributed by atoms with Crippen LogP contribution in [0.3, 0.4) is 0 Å². The highest BCUT2D eigenvalue weighted by Gasteiger charge is 2.25. The number of halogens is 1. The number of hydrogen-bond donors (Lipinski definition) is 0. The lowest BCUT2D eigenvalue weighted by Crippen LogP contribution is -2.42. The number of aryl methyl sites for hydroxylation is 1. The van der Waals surface area contributed by atoms with Crippen molar-refractivity contribution < 1.29 is 18.9 Å². The van der Waals surface area contributed by atoms with Crippen molar-refractivity contribution in [3.05, 3.63) is 99.7 Å². The Hall–Kier alpha value is -3.85. The van der Waals surface area contributed by atoms with E-state index in [0.29, 0.717) is 12.3 Å². The summed E-state index contributed by atoms with van der Waals surface area (Å²) in [6.45, 7) is 4.07. The number of benzene rings is 1.